The maximum Gasteiger partial charge on any atom is 0.269 e. The molecule has 1 saturated heterocycles. The largest absolute Gasteiger partial charge is 0.507 e. The number of carbonyl (C=O) groups excluding carboxylic acids is 1. The summed E-state index contributed by atoms with van der Waals surface area (Å²) in [6.07, 6.45) is -6.89. The quantitative estimate of drug-likeness (QED) is 0.299. The second-order valence-corrected chi connectivity index (χ2v) is 4.87. The van der Waals surface area contributed by atoms with E-state index in [2.05, 4.69) is 10.9 Å². The van der Waals surface area contributed by atoms with Crippen LogP contribution in [0.5, 0.6) is 5.75 Å². The van der Waals surface area contributed by atoms with Gasteiger partial charge >= 0.3 is 0 Å². The van der Waals surface area contributed by atoms with Gasteiger partial charge in [-0.15, -0.1) is 0 Å². The highest BCUT2D eigenvalue weighted by Gasteiger charge is 2.43. The Morgan fingerprint density at radius 1 is 1.14 bits per heavy atom. The van der Waals surface area contributed by atoms with Crippen LogP contribution in [-0.2, 0) is 4.74 Å². The van der Waals surface area contributed by atoms with Crippen molar-refractivity contribution in [2.75, 3.05) is 6.61 Å². The highest BCUT2D eigenvalue weighted by molar-refractivity contribution is 5.96. The first-order valence-corrected chi connectivity index (χ1v) is 6.60. The van der Waals surface area contributed by atoms with E-state index in [4.69, 9.17) is 9.84 Å². The number of hydrazine groups is 1. The normalized spacial score (nSPS) is 31.7. The van der Waals surface area contributed by atoms with Crippen LogP contribution in [0, 0.1) is 0 Å². The van der Waals surface area contributed by atoms with Crippen molar-refractivity contribution in [2.24, 2.45) is 0 Å². The average Bonchev–Trinajstić information content (AvgIpc) is 2.52. The number of carbonyl (C=O) groups is 1. The number of benzene rings is 1. The van der Waals surface area contributed by atoms with E-state index in [0.717, 1.165) is 0 Å². The first-order valence-electron chi connectivity index (χ1n) is 6.60. The molecule has 5 atom stereocenters. The number of amides is 1. The average molecular weight is 314 g/mol. The molecule has 0 saturated carbocycles. The summed E-state index contributed by atoms with van der Waals surface area (Å²) in [7, 11) is 0. The van der Waals surface area contributed by atoms with Crippen molar-refractivity contribution in [1.29, 1.82) is 0 Å². The number of para-hydroxylation sites is 1. The van der Waals surface area contributed by atoms with Gasteiger partial charge < -0.3 is 30.3 Å². The van der Waals surface area contributed by atoms with Gasteiger partial charge in [0.05, 0.1) is 12.2 Å². The molecule has 0 aliphatic carbocycles. The zero-order valence-electron chi connectivity index (χ0n) is 11.5. The topological polar surface area (TPSA) is 152 Å². The molecule has 122 valence electrons. The number of aliphatic hydroxyl groups excluding tert-OH is 4. The Hall–Kier alpha value is -1.75. The first-order chi connectivity index (χ1) is 10.5. The minimum absolute atomic E-state index is 0.000379. The number of phenols is 1. The molecule has 1 fully saturated rings. The number of aromatic hydroxyl groups is 1. The second-order valence-electron chi connectivity index (χ2n) is 4.87. The lowest BCUT2D eigenvalue weighted by Gasteiger charge is -2.40. The molecule has 0 unspecified atom stereocenters. The SMILES string of the molecule is O=C(NN[C@@H]1O[C@H](CO)[C@H](O)[C@@H](O)[C@@H]1O)c1ccccc1O. The maximum atomic E-state index is 11.9. The van der Waals surface area contributed by atoms with Crippen molar-refractivity contribution in [2.45, 2.75) is 30.6 Å². The molecule has 0 spiro atoms. The molecule has 22 heavy (non-hydrogen) atoms. The van der Waals surface area contributed by atoms with Crippen molar-refractivity contribution in [1.82, 2.24) is 10.9 Å². The molecule has 0 aromatic heterocycles. The Kier molecular flexibility index (Phi) is 5.29. The monoisotopic (exact) mass is 314 g/mol. The van der Waals surface area contributed by atoms with Gasteiger partial charge in [-0.3, -0.25) is 10.2 Å². The second kappa shape index (κ2) is 7.01. The molecular formula is C13H18N2O7. The van der Waals surface area contributed by atoms with Crippen LogP contribution in [0.2, 0.25) is 0 Å². The molecule has 9 nitrogen and oxygen atoms in total. The predicted octanol–water partition coefficient (Wildman–Crippen LogP) is -2.57. The Morgan fingerprint density at radius 3 is 2.45 bits per heavy atom. The molecule has 2 rings (SSSR count). The Balaban J connectivity index is 1.98. The predicted molar refractivity (Wildman–Crippen MR) is 72.5 cm³/mol. The molecule has 7 N–H and O–H groups in total. The summed E-state index contributed by atoms with van der Waals surface area (Å²) in [6, 6.07) is 5.84. The van der Waals surface area contributed by atoms with Gasteiger partial charge in [-0.1, -0.05) is 12.1 Å². The van der Waals surface area contributed by atoms with Crippen LogP contribution in [0.1, 0.15) is 10.4 Å². The van der Waals surface area contributed by atoms with Crippen LogP contribution in [0.25, 0.3) is 0 Å². The minimum Gasteiger partial charge on any atom is -0.507 e. The van der Waals surface area contributed by atoms with Gasteiger partial charge in [0, 0.05) is 0 Å². The number of aliphatic hydroxyl groups is 4. The minimum atomic E-state index is -1.55. The maximum absolute atomic E-state index is 11.9. The lowest BCUT2D eigenvalue weighted by molar-refractivity contribution is -0.238. The van der Waals surface area contributed by atoms with Crippen LogP contribution in [0.15, 0.2) is 24.3 Å². The third-order valence-corrected chi connectivity index (χ3v) is 3.37. The van der Waals surface area contributed by atoms with E-state index in [1.165, 1.54) is 12.1 Å². The number of hydrogen-bond donors (Lipinski definition) is 7. The Bertz CT molecular complexity index is 525. The van der Waals surface area contributed by atoms with Crippen molar-refractivity contribution in [3.8, 4) is 5.75 Å². The third-order valence-electron chi connectivity index (χ3n) is 3.37. The van der Waals surface area contributed by atoms with Gasteiger partial charge in [-0.05, 0) is 12.1 Å². The van der Waals surface area contributed by atoms with Gasteiger partial charge in [0.15, 0.2) is 6.23 Å². The molecule has 1 aromatic rings. The molecule has 1 aliphatic heterocycles. The van der Waals surface area contributed by atoms with Crippen molar-refractivity contribution < 1.29 is 35.1 Å². The van der Waals surface area contributed by atoms with Crippen LogP contribution < -0.4 is 10.9 Å². The molecule has 0 radical (unpaired) electrons. The van der Waals surface area contributed by atoms with E-state index in [9.17, 15) is 25.2 Å². The summed E-state index contributed by atoms with van der Waals surface area (Å²) in [5, 5.41) is 47.6. The van der Waals surface area contributed by atoms with Gasteiger partial charge in [0.1, 0.15) is 30.2 Å². The highest BCUT2D eigenvalue weighted by atomic mass is 16.6. The molecule has 1 aliphatic rings. The van der Waals surface area contributed by atoms with Crippen LogP contribution >= 0.6 is 0 Å². The molecule has 1 heterocycles. The van der Waals surface area contributed by atoms with E-state index >= 15 is 0 Å². The smallest absolute Gasteiger partial charge is 0.269 e. The fourth-order valence-electron chi connectivity index (χ4n) is 2.09. The highest BCUT2D eigenvalue weighted by Crippen LogP contribution is 2.19. The molecule has 1 amide bonds. The van der Waals surface area contributed by atoms with E-state index < -0.39 is 43.2 Å². The number of rotatable bonds is 4. The van der Waals surface area contributed by atoms with E-state index in [-0.39, 0.29) is 11.3 Å². The summed E-state index contributed by atoms with van der Waals surface area (Å²) < 4.78 is 5.15. The van der Waals surface area contributed by atoms with Gasteiger partial charge in [0.25, 0.3) is 5.91 Å². The summed E-state index contributed by atoms with van der Waals surface area (Å²) in [5.41, 5.74) is 4.56. The van der Waals surface area contributed by atoms with Crippen molar-refractivity contribution >= 4 is 5.91 Å². The zero-order valence-corrected chi connectivity index (χ0v) is 11.5. The standard InChI is InChI=1S/C13H18N2O7/c16-5-8-9(18)10(19)11(20)13(22-8)15-14-12(21)6-3-1-2-4-7(6)17/h1-4,8-11,13,15-20H,5H2,(H,14,21)/t8-,9+,10-,11+,13-/m1/s1. The number of nitrogens with one attached hydrogen (secondary N) is 2. The van der Waals surface area contributed by atoms with Crippen LogP contribution in [0.4, 0.5) is 0 Å². The lowest BCUT2D eigenvalue weighted by Crippen LogP contribution is -2.64. The van der Waals surface area contributed by atoms with Crippen molar-refractivity contribution in [3.63, 3.8) is 0 Å². The Labute approximate surface area is 125 Å². The summed E-state index contributed by atoms with van der Waals surface area (Å²) in [4.78, 5) is 11.9. The molecular weight excluding hydrogens is 296 g/mol. The van der Waals surface area contributed by atoms with Crippen LogP contribution in [-0.4, -0.2) is 68.7 Å². The summed E-state index contributed by atoms with van der Waals surface area (Å²) in [6.45, 7) is -0.573. The summed E-state index contributed by atoms with van der Waals surface area (Å²) in [5.74, 6) is -0.911. The third kappa shape index (κ3) is 3.35. The fourth-order valence-corrected chi connectivity index (χ4v) is 2.09. The first kappa shape index (κ1) is 16.6. The zero-order chi connectivity index (χ0) is 16.3. The number of phenolic OH excluding ortho intramolecular Hbond substituents is 1. The lowest BCUT2D eigenvalue weighted by atomic mass is 9.99. The number of ether oxygens (including phenoxy) is 1. The van der Waals surface area contributed by atoms with Gasteiger partial charge in [-0.25, -0.2) is 5.43 Å². The van der Waals surface area contributed by atoms with Crippen molar-refractivity contribution in [3.05, 3.63) is 29.8 Å². The van der Waals surface area contributed by atoms with E-state index in [1.807, 2.05) is 0 Å². The van der Waals surface area contributed by atoms with Gasteiger partial charge in [-0.2, -0.15) is 0 Å². The molecule has 1 aromatic carbocycles. The van der Waals surface area contributed by atoms with Crippen LogP contribution in [0.3, 0.4) is 0 Å². The Morgan fingerprint density at radius 2 is 1.82 bits per heavy atom. The fraction of sp³-hybridized carbons (Fsp3) is 0.462. The summed E-state index contributed by atoms with van der Waals surface area (Å²) >= 11 is 0. The molecule has 0 bridgehead atoms. The molecule has 9 heteroatoms. The van der Waals surface area contributed by atoms with Gasteiger partial charge in [0.2, 0.25) is 0 Å². The van der Waals surface area contributed by atoms with E-state index in [0.29, 0.717) is 0 Å². The van der Waals surface area contributed by atoms with E-state index in [1.54, 1.807) is 12.1 Å². The number of hydrogen-bond acceptors (Lipinski definition) is 8.